The maximum absolute atomic E-state index is 12.6. The zero-order valence-electron chi connectivity index (χ0n) is 10.9. The highest BCUT2D eigenvalue weighted by Gasteiger charge is 2.46. The van der Waals surface area contributed by atoms with Gasteiger partial charge in [0.1, 0.15) is 0 Å². The molecule has 18 heavy (non-hydrogen) atoms. The van der Waals surface area contributed by atoms with E-state index in [1.165, 1.54) is 0 Å². The van der Waals surface area contributed by atoms with E-state index < -0.39 is 0 Å². The van der Waals surface area contributed by atoms with Crippen LogP contribution >= 0.6 is 0 Å². The van der Waals surface area contributed by atoms with Crippen molar-refractivity contribution in [3.05, 3.63) is 0 Å². The Bertz CT molecular complexity index is 320. The highest BCUT2D eigenvalue weighted by molar-refractivity contribution is 5.80. The highest BCUT2D eigenvalue weighted by atomic mass is 16.5. The number of hydrogen-bond donors (Lipinski definition) is 1. The van der Waals surface area contributed by atoms with Crippen molar-refractivity contribution in [1.29, 1.82) is 0 Å². The quantitative estimate of drug-likeness (QED) is 0.822. The lowest BCUT2D eigenvalue weighted by Crippen LogP contribution is -2.42. The number of rotatable bonds is 4. The van der Waals surface area contributed by atoms with Crippen molar-refractivity contribution in [3.63, 3.8) is 0 Å². The average molecular weight is 253 g/mol. The molecule has 3 aliphatic heterocycles. The monoisotopic (exact) mass is 253 g/mol. The smallest absolute Gasteiger partial charge is 0.228 e. The second-order valence-electron chi connectivity index (χ2n) is 5.91. The topological polar surface area (TPSA) is 49.8 Å². The Morgan fingerprint density at radius 1 is 1.33 bits per heavy atom. The van der Waals surface area contributed by atoms with Crippen LogP contribution in [0, 0.1) is 5.92 Å². The van der Waals surface area contributed by atoms with Crippen LogP contribution in [0.4, 0.5) is 0 Å². The Morgan fingerprint density at radius 3 is 2.89 bits per heavy atom. The fraction of sp³-hybridized carbons (Fsp3) is 0.929. The molecule has 4 heteroatoms. The van der Waals surface area contributed by atoms with Crippen LogP contribution in [0.2, 0.25) is 0 Å². The van der Waals surface area contributed by atoms with Gasteiger partial charge in [0.25, 0.3) is 0 Å². The molecule has 1 amide bonds. The number of fused-ring (bicyclic) bond motifs is 2. The highest BCUT2D eigenvalue weighted by Crippen LogP contribution is 2.40. The summed E-state index contributed by atoms with van der Waals surface area (Å²) in [6, 6.07) is 0.365. The number of nitrogens with zero attached hydrogens (tertiary/aromatic N) is 1. The molecule has 3 saturated heterocycles. The fourth-order valence-electron chi connectivity index (χ4n) is 3.86. The fourth-order valence-corrected chi connectivity index (χ4v) is 3.86. The molecule has 0 aromatic heterocycles. The zero-order valence-corrected chi connectivity index (χ0v) is 10.9. The summed E-state index contributed by atoms with van der Waals surface area (Å²) in [7, 11) is 0. The van der Waals surface area contributed by atoms with Gasteiger partial charge in [-0.2, -0.15) is 0 Å². The Balaban J connectivity index is 1.61. The molecule has 4 unspecified atom stereocenters. The maximum atomic E-state index is 12.6. The lowest BCUT2D eigenvalue weighted by molar-refractivity contribution is -0.138. The Hall–Kier alpha value is -0.610. The number of carbonyl (C=O) groups is 1. The second-order valence-corrected chi connectivity index (χ2v) is 5.91. The number of aliphatic hydroxyl groups is 1. The molecule has 2 bridgehead atoms. The maximum Gasteiger partial charge on any atom is 0.228 e. The van der Waals surface area contributed by atoms with E-state index in [9.17, 15) is 4.79 Å². The third kappa shape index (κ3) is 2.16. The van der Waals surface area contributed by atoms with Gasteiger partial charge in [-0.15, -0.1) is 0 Å². The first-order valence-electron chi connectivity index (χ1n) is 7.36. The number of hydrogen-bond acceptors (Lipinski definition) is 3. The number of likely N-dealkylation sites (tertiary alicyclic amines) is 1. The van der Waals surface area contributed by atoms with E-state index in [0.717, 1.165) is 51.5 Å². The molecule has 0 aromatic carbocycles. The summed E-state index contributed by atoms with van der Waals surface area (Å²) in [5.41, 5.74) is 0. The predicted octanol–water partition coefficient (Wildman–Crippen LogP) is 1.32. The molecule has 0 saturated carbocycles. The molecular formula is C14H23NO3. The van der Waals surface area contributed by atoms with Crippen LogP contribution in [-0.4, -0.2) is 47.3 Å². The number of aliphatic hydroxyl groups excluding tert-OH is 1. The first-order valence-corrected chi connectivity index (χ1v) is 7.36. The first kappa shape index (κ1) is 12.4. The van der Waals surface area contributed by atoms with E-state index in [2.05, 4.69) is 4.90 Å². The minimum absolute atomic E-state index is 0.124. The van der Waals surface area contributed by atoms with Gasteiger partial charge in [-0.05, 0) is 44.9 Å². The second kappa shape index (κ2) is 5.17. The first-order chi connectivity index (χ1) is 8.79. The lowest BCUT2D eigenvalue weighted by atomic mass is 9.88. The van der Waals surface area contributed by atoms with Crippen LogP contribution in [-0.2, 0) is 9.53 Å². The third-order valence-electron chi connectivity index (χ3n) is 4.78. The zero-order chi connectivity index (χ0) is 12.5. The minimum atomic E-state index is 0.124. The van der Waals surface area contributed by atoms with Crippen molar-refractivity contribution in [2.24, 2.45) is 5.92 Å². The van der Waals surface area contributed by atoms with Crippen LogP contribution in [0.5, 0.6) is 0 Å². The van der Waals surface area contributed by atoms with Crippen LogP contribution in [0.15, 0.2) is 0 Å². The number of amides is 1. The van der Waals surface area contributed by atoms with Gasteiger partial charge in [-0.3, -0.25) is 4.79 Å². The van der Waals surface area contributed by atoms with Gasteiger partial charge in [-0.1, -0.05) is 0 Å². The van der Waals surface area contributed by atoms with E-state index in [-0.39, 0.29) is 18.6 Å². The lowest BCUT2D eigenvalue weighted by Gasteiger charge is -2.29. The van der Waals surface area contributed by atoms with E-state index in [4.69, 9.17) is 9.84 Å². The van der Waals surface area contributed by atoms with Gasteiger partial charge in [0.2, 0.25) is 5.91 Å². The molecule has 4 nitrogen and oxygen atoms in total. The van der Waals surface area contributed by atoms with Crippen LogP contribution < -0.4 is 0 Å². The van der Waals surface area contributed by atoms with Crippen LogP contribution in [0.3, 0.4) is 0 Å². The van der Waals surface area contributed by atoms with Gasteiger partial charge in [0, 0.05) is 19.2 Å². The predicted molar refractivity (Wildman–Crippen MR) is 67.1 cm³/mol. The molecule has 0 radical (unpaired) electrons. The molecule has 3 rings (SSSR count). The Kier molecular flexibility index (Phi) is 3.57. The molecule has 3 heterocycles. The van der Waals surface area contributed by atoms with Crippen molar-refractivity contribution in [2.45, 2.75) is 63.2 Å². The minimum Gasteiger partial charge on any atom is -0.396 e. The summed E-state index contributed by atoms with van der Waals surface area (Å²) in [5, 5.41) is 8.93. The van der Waals surface area contributed by atoms with E-state index >= 15 is 0 Å². The van der Waals surface area contributed by atoms with Crippen molar-refractivity contribution in [3.8, 4) is 0 Å². The van der Waals surface area contributed by atoms with Crippen molar-refractivity contribution in [1.82, 2.24) is 4.90 Å². The van der Waals surface area contributed by atoms with Gasteiger partial charge in [0.15, 0.2) is 0 Å². The molecule has 0 aliphatic carbocycles. The number of ether oxygens (including phenoxy) is 1. The molecule has 3 aliphatic rings. The van der Waals surface area contributed by atoms with E-state index in [0.29, 0.717) is 18.1 Å². The standard InChI is InChI=1S/C14H23NO3/c16-8-2-4-10-3-1-7-15(10)14(17)12-9-11-5-6-13(12)18-11/h10-13,16H,1-9H2. The van der Waals surface area contributed by atoms with Crippen molar-refractivity contribution < 1.29 is 14.6 Å². The molecule has 0 aromatic rings. The number of carbonyl (C=O) groups excluding carboxylic acids is 1. The van der Waals surface area contributed by atoms with E-state index in [1.807, 2.05) is 0 Å². The van der Waals surface area contributed by atoms with Crippen molar-refractivity contribution >= 4 is 5.91 Å². The van der Waals surface area contributed by atoms with Gasteiger partial charge >= 0.3 is 0 Å². The summed E-state index contributed by atoms with van der Waals surface area (Å²) in [5.74, 6) is 0.445. The summed E-state index contributed by atoms with van der Waals surface area (Å²) in [4.78, 5) is 14.7. The largest absolute Gasteiger partial charge is 0.396 e. The van der Waals surface area contributed by atoms with Crippen LogP contribution in [0.1, 0.15) is 44.9 Å². The summed E-state index contributed by atoms with van der Waals surface area (Å²) in [6.45, 7) is 1.14. The van der Waals surface area contributed by atoms with Crippen molar-refractivity contribution in [2.75, 3.05) is 13.2 Å². The molecule has 0 spiro atoms. The normalized spacial score (nSPS) is 38.6. The molecule has 3 fully saturated rings. The Labute approximate surface area is 108 Å². The summed E-state index contributed by atoms with van der Waals surface area (Å²) >= 11 is 0. The SMILES string of the molecule is O=C(C1CC2CCC1O2)N1CCCC1CCCO. The molecule has 1 N–H and O–H groups in total. The summed E-state index contributed by atoms with van der Waals surface area (Å²) in [6.07, 6.45) is 7.66. The van der Waals surface area contributed by atoms with Gasteiger partial charge < -0.3 is 14.7 Å². The average Bonchev–Trinajstić information content (AvgIpc) is 3.10. The van der Waals surface area contributed by atoms with Crippen LogP contribution in [0.25, 0.3) is 0 Å². The Morgan fingerprint density at radius 2 is 2.22 bits per heavy atom. The molecule has 4 atom stereocenters. The molecule has 102 valence electrons. The third-order valence-corrected chi connectivity index (χ3v) is 4.78. The molecular weight excluding hydrogens is 230 g/mol. The van der Waals surface area contributed by atoms with E-state index in [1.54, 1.807) is 0 Å². The van der Waals surface area contributed by atoms with Gasteiger partial charge in [0.05, 0.1) is 18.1 Å². The van der Waals surface area contributed by atoms with Gasteiger partial charge in [-0.25, -0.2) is 0 Å². The summed E-state index contributed by atoms with van der Waals surface area (Å²) < 4.78 is 5.79.